The van der Waals surface area contributed by atoms with Crippen LogP contribution >= 0.6 is 11.3 Å². The van der Waals surface area contributed by atoms with Gasteiger partial charge in [0.1, 0.15) is 18.0 Å². The van der Waals surface area contributed by atoms with Crippen molar-refractivity contribution in [2.24, 2.45) is 0 Å². The van der Waals surface area contributed by atoms with Gasteiger partial charge in [-0.1, -0.05) is 0 Å². The number of ether oxygens (including phenoxy) is 1. The Hall–Kier alpha value is -2.23. The zero-order valence-corrected chi connectivity index (χ0v) is 15.8. The van der Waals surface area contributed by atoms with Crippen molar-refractivity contribution in [3.8, 4) is 0 Å². The predicted octanol–water partition coefficient (Wildman–Crippen LogP) is 0.911. The van der Waals surface area contributed by atoms with Crippen LogP contribution in [-0.4, -0.2) is 53.8 Å². The van der Waals surface area contributed by atoms with Crippen molar-refractivity contribution in [3.05, 3.63) is 33.8 Å². The maximum atomic E-state index is 12.3. The van der Waals surface area contributed by atoms with Gasteiger partial charge in [-0.05, 0) is 24.5 Å². The number of thiophene rings is 1. The fraction of sp³-hybridized carbons (Fsp3) is 0.500. The number of aromatic nitrogens is 2. The Labute approximate surface area is 161 Å². The van der Waals surface area contributed by atoms with E-state index in [1.165, 1.54) is 22.5 Å². The Kier molecular flexibility index (Phi) is 4.98. The van der Waals surface area contributed by atoms with Gasteiger partial charge in [-0.15, -0.1) is 11.3 Å². The summed E-state index contributed by atoms with van der Waals surface area (Å²) >= 11 is 1.54. The third-order valence-corrected chi connectivity index (χ3v) is 6.39. The minimum Gasteiger partial charge on any atom is -0.395 e. The number of nitrogens with zero attached hydrogens (tertiary/aromatic N) is 3. The molecule has 4 heterocycles. The smallest absolute Gasteiger partial charge is 0.261 e. The third kappa shape index (κ3) is 3.50. The molecule has 2 aromatic heterocycles. The average Bonchev–Trinajstić information content (AvgIpc) is 3.13. The number of nitrogens with one attached hydrogen (secondary N) is 1. The summed E-state index contributed by atoms with van der Waals surface area (Å²) in [6, 6.07) is 3.77. The molecule has 0 bridgehead atoms. The van der Waals surface area contributed by atoms with E-state index in [9.17, 15) is 4.79 Å². The summed E-state index contributed by atoms with van der Waals surface area (Å²) in [6.07, 6.45) is 3.98. The molecule has 2 aromatic rings. The van der Waals surface area contributed by atoms with Gasteiger partial charge in [-0.2, -0.15) is 0 Å². The van der Waals surface area contributed by atoms with Crippen LogP contribution in [0.1, 0.15) is 33.0 Å². The van der Waals surface area contributed by atoms with Crippen LogP contribution in [0.5, 0.6) is 0 Å². The van der Waals surface area contributed by atoms with E-state index in [1.807, 2.05) is 6.07 Å². The monoisotopic (exact) mass is 389 g/mol. The van der Waals surface area contributed by atoms with E-state index in [-0.39, 0.29) is 24.7 Å². The SMILES string of the molecule is Nc1cc(N2CCC3(CC2)OCCc2sc(C(=O)NCCO)cc23)ncn1. The van der Waals surface area contributed by atoms with Gasteiger partial charge in [0, 0.05) is 37.0 Å². The number of carbonyl (C=O) groups is 1. The van der Waals surface area contributed by atoms with Gasteiger partial charge < -0.3 is 25.8 Å². The van der Waals surface area contributed by atoms with Crippen molar-refractivity contribution in [3.63, 3.8) is 0 Å². The minimum absolute atomic E-state index is 0.0622. The van der Waals surface area contributed by atoms with Gasteiger partial charge in [0.25, 0.3) is 5.91 Å². The molecule has 0 radical (unpaired) electrons. The van der Waals surface area contributed by atoms with Crippen molar-refractivity contribution in [1.29, 1.82) is 0 Å². The Morgan fingerprint density at radius 3 is 2.93 bits per heavy atom. The second-order valence-corrected chi connectivity index (χ2v) is 7.94. The molecular weight excluding hydrogens is 366 g/mol. The summed E-state index contributed by atoms with van der Waals surface area (Å²) in [5.74, 6) is 1.17. The van der Waals surface area contributed by atoms with Crippen LogP contribution in [-0.2, 0) is 16.8 Å². The van der Waals surface area contributed by atoms with Crippen LogP contribution in [0.15, 0.2) is 18.5 Å². The lowest BCUT2D eigenvalue weighted by atomic mass is 9.82. The highest BCUT2D eigenvalue weighted by Crippen LogP contribution is 2.45. The molecular formula is C18H23N5O3S. The van der Waals surface area contributed by atoms with Crippen LogP contribution in [0, 0.1) is 0 Å². The minimum atomic E-state index is -0.339. The van der Waals surface area contributed by atoms with Crippen LogP contribution in [0.2, 0.25) is 0 Å². The van der Waals surface area contributed by atoms with Gasteiger partial charge in [0.2, 0.25) is 0 Å². The second kappa shape index (κ2) is 7.41. The van der Waals surface area contributed by atoms with Crippen LogP contribution in [0.3, 0.4) is 0 Å². The summed E-state index contributed by atoms with van der Waals surface area (Å²) in [6.45, 7) is 2.48. The second-order valence-electron chi connectivity index (χ2n) is 6.81. The van der Waals surface area contributed by atoms with E-state index in [2.05, 4.69) is 20.2 Å². The highest BCUT2D eigenvalue weighted by molar-refractivity contribution is 7.14. The zero-order chi connectivity index (χ0) is 18.9. The fourth-order valence-corrected chi connectivity index (χ4v) is 4.98. The molecule has 8 nitrogen and oxygen atoms in total. The lowest BCUT2D eigenvalue weighted by molar-refractivity contribution is -0.0757. The predicted molar refractivity (Wildman–Crippen MR) is 103 cm³/mol. The first-order valence-corrected chi connectivity index (χ1v) is 9.92. The molecule has 1 spiro atoms. The van der Waals surface area contributed by atoms with Gasteiger partial charge in [0.05, 0.1) is 23.7 Å². The summed E-state index contributed by atoms with van der Waals surface area (Å²) in [5, 5.41) is 11.6. The van der Waals surface area contributed by atoms with Gasteiger partial charge in [-0.25, -0.2) is 9.97 Å². The van der Waals surface area contributed by atoms with E-state index in [4.69, 9.17) is 15.6 Å². The number of piperidine rings is 1. The number of carbonyl (C=O) groups excluding carboxylic acids is 1. The zero-order valence-electron chi connectivity index (χ0n) is 15.0. The van der Waals surface area contributed by atoms with Crippen molar-refractivity contribution < 1.29 is 14.6 Å². The highest BCUT2D eigenvalue weighted by Gasteiger charge is 2.42. The maximum absolute atomic E-state index is 12.3. The molecule has 1 fully saturated rings. The molecule has 2 aliphatic heterocycles. The molecule has 1 amide bonds. The summed E-state index contributed by atoms with van der Waals surface area (Å²) in [5.41, 5.74) is 6.59. The van der Waals surface area contributed by atoms with E-state index in [0.29, 0.717) is 17.3 Å². The van der Waals surface area contributed by atoms with E-state index in [1.54, 1.807) is 6.07 Å². The molecule has 4 rings (SSSR count). The molecule has 0 saturated carbocycles. The van der Waals surface area contributed by atoms with Crippen molar-refractivity contribution in [2.45, 2.75) is 24.9 Å². The topological polar surface area (TPSA) is 114 Å². The first kappa shape index (κ1) is 18.1. The summed E-state index contributed by atoms with van der Waals surface area (Å²) in [7, 11) is 0. The van der Waals surface area contributed by atoms with Crippen molar-refractivity contribution >= 4 is 28.9 Å². The maximum Gasteiger partial charge on any atom is 0.261 e. The number of nitrogen functional groups attached to an aromatic ring is 1. The quantitative estimate of drug-likeness (QED) is 0.712. The first-order valence-electron chi connectivity index (χ1n) is 9.10. The number of aliphatic hydroxyl groups excluding tert-OH is 1. The Morgan fingerprint density at radius 1 is 1.37 bits per heavy atom. The van der Waals surface area contributed by atoms with Crippen molar-refractivity contribution in [2.75, 3.05) is 43.5 Å². The fourth-order valence-electron chi connectivity index (χ4n) is 3.83. The Morgan fingerprint density at radius 2 is 2.19 bits per heavy atom. The molecule has 9 heteroatoms. The van der Waals surface area contributed by atoms with Gasteiger partial charge >= 0.3 is 0 Å². The number of rotatable bonds is 4. The number of amides is 1. The van der Waals surface area contributed by atoms with E-state index < -0.39 is 0 Å². The average molecular weight is 389 g/mol. The van der Waals surface area contributed by atoms with E-state index in [0.717, 1.165) is 43.7 Å². The van der Waals surface area contributed by atoms with E-state index >= 15 is 0 Å². The highest BCUT2D eigenvalue weighted by atomic mass is 32.1. The number of hydrogen-bond donors (Lipinski definition) is 3. The molecule has 0 aromatic carbocycles. The molecule has 1 saturated heterocycles. The van der Waals surface area contributed by atoms with Gasteiger partial charge in [-0.3, -0.25) is 4.79 Å². The molecule has 27 heavy (non-hydrogen) atoms. The van der Waals surface area contributed by atoms with Gasteiger partial charge in [0.15, 0.2) is 0 Å². The third-order valence-electron chi connectivity index (χ3n) is 5.20. The number of fused-ring (bicyclic) bond motifs is 2. The largest absolute Gasteiger partial charge is 0.395 e. The van der Waals surface area contributed by atoms with Crippen LogP contribution in [0.25, 0.3) is 0 Å². The Bertz CT molecular complexity index is 832. The summed E-state index contributed by atoms with van der Waals surface area (Å²) < 4.78 is 6.27. The molecule has 0 aliphatic carbocycles. The molecule has 0 atom stereocenters. The lowest BCUT2D eigenvalue weighted by Gasteiger charge is -2.44. The lowest BCUT2D eigenvalue weighted by Crippen LogP contribution is -2.46. The number of anilines is 2. The van der Waals surface area contributed by atoms with Crippen LogP contribution < -0.4 is 16.0 Å². The van der Waals surface area contributed by atoms with Crippen LogP contribution in [0.4, 0.5) is 11.6 Å². The first-order chi connectivity index (χ1) is 13.1. The normalized spacial score (nSPS) is 18.3. The Balaban J connectivity index is 1.53. The summed E-state index contributed by atoms with van der Waals surface area (Å²) in [4.78, 5) is 24.7. The standard InChI is InChI=1S/C18H23N5O3S/c19-15-10-16(22-11-21-15)23-5-2-18(3-6-23)12-9-14(17(25)20-4-7-24)27-13(12)1-8-26-18/h9-11,24H,1-8H2,(H,20,25)(H2,19,21,22). The number of hydrogen-bond acceptors (Lipinski definition) is 8. The van der Waals surface area contributed by atoms with Crippen molar-refractivity contribution in [1.82, 2.24) is 15.3 Å². The molecule has 0 unspecified atom stereocenters. The molecule has 144 valence electrons. The number of nitrogens with two attached hydrogens (primary N) is 1. The molecule has 2 aliphatic rings. The molecule has 4 N–H and O–H groups in total. The number of aliphatic hydroxyl groups is 1.